The van der Waals surface area contributed by atoms with Gasteiger partial charge in [0.2, 0.25) is 0 Å². The summed E-state index contributed by atoms with van der Waals surface area (Å²) in [6, 6.07) is 7.90. The van der Waals surface area contributed by atoms with Crippen LogP contribution < -0.4 is 11.3 Å². The molecule has 3 N–H and O–H groups in total. The number of hydrogen-bond donors (Lipinski definition) is 2. The Kier molecular flexibility index (Phi) is 3.98. The topological polar surface area (TPSA) is 55.9 Å². The Morgan fingerprint density at radius 1 is 1.29 bits per heavy atom. The second kappa shape index (κ2) is 5.30. The van der Waals surface area contributed by atoms with Crippen LogP contribution in [-0.2, 0) is 7.05 Å². The van der Waals surface area contributed by atoms with E-state index in [0.717, 1.165) is 20.2 Å². The molecular formula is C11H12Br2N4. The smallest absolute Gasteiger partial charge is 0.0878 e. The standard InChI is InChI=1S/C11H12Br2N4/c1-17-10(2-3-15-17)11(16-14)7-4-8(12)6-9(13)5-7/h2-6,11,16H,14H2,1H3. The Bertz CT molecular complexity index is 504. The van der Waals surface area contributed by atoms with E-state index in [9.17, 15) is 0 Å². The molecule has 4 nitrogen and oxygen atoms in total. The van der Waals surface area contributed by atoms with E-state index in [1.165, 1.54) is 0 Å². The minimum atomic E-state index is -0.0868. The molecule has 0 fully saturated rings. The number of benzene rings is 1. The van der Waals surface area contributed by atoms with Gasteiger partial charge in [0, 0.05) is 22.2 Å². The number of nitrogens with two attached hydrogens (primary N) is 1. The van der Waals surface area contributed by atoms with Gasteiger partial charge in [-0.3, -0.25) is 10.5 Å². The largest absolute Gasteiger partial charge is 0.271 e. The SMILES string of the molecule is Cn1nccc1C(NN)c1cc(Br)cc(Br)c1. The molecule has 0 radical (unpaired) electrons. The molecular weight excluding hydrogens is 348 g/mol. The molecule has 2 aromatic rings. The van der Waals surface area contributed by atoms with Crippen LogP contribution in [0.15, 0.2) is 39.4 Å². The lowest BCUT2D eigenvalue weighted by molar-refractivity contribution is 0.574. The van der Waals surface area contributed by atoms with E-state index in [0.29, 0.717) is 0 Å². The van der Waals surface area contributed by atoms with Crippen molar-refractivity contribution in [1.82, 2.24) is 15.2 Å². The third-order valence-corrected chi connectivity index (χ3v) is 3.46. The average Bonchev–Trinajstić information content (AvgIpc) is 2.65. The van der Waals surface area contributed by atoms with Crippen molar-refractivity contribution in [3.8, 4) is 0 Å². The van der Waals surface area contributed by atoms with Crippen molar-refractivity contribution in [2.45, 2.75) is 6.04 Å². The van der Waals surface area contributed by atoms with Gasteiger partial charge in [-0.2, -0.15) is 5.10 Å². The first-order chi connectivity index (χ1) is 8.11. The lowest BCUT2D eigenvalue weighted by atomic mass is 10.0. The number of aromatic nitrogens is 2. The molecule has 0 saturated heterocycles. The number of hydrazine groups is 1. The molecule has 1 aromatic carbocycles. The molecule has 0 aliphatic carbocycles. The van der Waals surface area contributed by atoms with Gasteiger partial charge in [-0.05, 0) is 29.8 Å². The Morgan fingerprint density at radius 3 is 2.41 bits per heavy atom. The van der Waals surface area contributed by atoms with E-state index in [4.69, 9.17) is 5.84 Å². The van der Waals surface area contributed by atoms with E-state index in [1.54, 1.807) is 10.9 Å². The minimum absolute atomic E-state index is 0.0868. The molecule has 2 rings (SSSR count). The van der Waals surface area contributed by atoms with Crippen LogP contribution in [0.5, 0.6) is 0 Å². The van der Waals surface area contributed by atoms with Crippen molar-refractivity contribution >= 4 is 31.9 Å². The quantitative estimate of drug-likeness (QED) is 0.654. The van der Waals surface area contributed by atoms with Gasteiger partial charge in [-0.25, -0.2) is 5.43 Å². The zero-order valence-electron chi connectivity index (χ0n) is 9.19. The molecule has 0 bridgehead atoms. The Labute approximate surface area is 116 Å². The maximum Gasteiger partial charge on any atom is 0.0878 e. The summed E-state index contributed by atoms with van der Waals surface area (Å²) in [5.41, 5.74) is 4.89. The summed E-state index contributed by atoms with van der Waals surface area (Å²) in [4.78, 5) is 0. The van der Waals surface area contributed by atoms with Crippen molar-refractivity contribution in [3.05, 3.63) is 50.7 Å². The Morgan fingerprint density at radius 2 is 1.94 bits per heavy atom. The fourth-order valence-electron chi connectivity index (χ4n) is 1.76. The molecule has 1 heterocycles. The lowest BCUT2D eigenvalue weighted by Gasteiger charge is -2.17. The molecule has 1 unspecified atom stereocenters. The monoisotopic (exact) mass is 358 g/mol. The summed E-state index contributed by atoms with van der Waals surface area (Å²) in [6.45, 7) is 0. The molecule has 0 aliphatic rings. The summed E-state index contributed by atoms with van der Waals surface area (Å²) in [5.74, 6) is 5.64. The van der Waals surface area contributed by atoms with Crippen molar-refractivity contribution in [2.24, 2.45) is 12.9 Å². The van der Waals surface area contributed by atoms with Crippen molar-refractivity contribution in [3.63, 3.8) is 0 Å². The first kappa shape index (κ1) is 12.8. The Hall–Kier alpha value is -0.690. The molecule has 0 saturated carbocycles. The number of nitrogens with zero attached hydrogens (tertiary/aromatic N) is 2. The van der Waals surface area contributed by atoms with Gasteiger partial charge in [-0.15, -0.1) is 0 Å². The predicted molar refractivity (Wildman–Crippen MR) is 74.2 cm³/mol. The molecule has 6 heteroatoms. The number of nitrogens with one attached hydrogen (secondary N) is 1. The van der Waals surface area contributed by atoms with Gasteiger partial charge in [-0.1, -0.05) is 31.9 Å². The molecule has 90 valence electrons. The van der Waals surface area contributed by atoms with Gasteiger partial charge in [0.05, 0.1) is 11.7 Å². The molecule has 1 atom stereocenters. The maximum atomic E-state index is 5.64. The number of aryl methyl sites for hydroxylation is 1. The summed E-state index contributed by atoms with van der Waals surface area (Å²) in [6.07, 6.45) is 1.76. The Balaban J connectivity index is 2.45. The van der Waals surface area contributed by atoms with E-state index in [2.05, 4.69) is 42.4 Å². The van der Waals surface area contributed by atoms with Gasteiger partial charge < -0.3 is 0 Å². The normalized spacial score (nSPS) is 12.7. The second-order valence-electron chi connectivity index (χ2n) is 3.68. The van der Waals surface area contributed by atoms with E-state index in [1.807, 2.05) is 31.3 Å². The van der Waals surface area contributed by atoms with Crippen LogP contribution in [0.2, 0.25) is 0 Å². The molecule has 0 aliphatic heterocycles. The number of rotatable bonds is 3. The fraction of sp³-hybridized carbons (Fsp3) is 0.182. The van der Waals surface area contributed by atoms with Crippen LogP contribution in [-0.4, -0.2) is 9.78 Å². The third kappa shape index (κ3) is 2.77. The minimum Gasteiger partial charge on any atom is -0.271 e. The third-order valence-electron chi connectivity index (χ3n) is 2.54. The lowest BCUT2D eigenvalue weighted by Crippen LogP contribution is -2.30. The van der Waals surface area contributed by atoms with Crippen LogP contribution in [0.25, 0.3) is 0 Å². The zero-order valence-corrected chi connectivity index (χ0v) is 12.4. The van der Waals surface area contributed by atoms with Crippen molar-refractivity contribution in [2.75, 3.05) is 0 Å². The highest BCUT2D eigenvalue weighted by Gasteiger charge is 2.16. The highest BCUT2D eigenvalue weighted by molar-refractivity contribution is 9.11. The number of halogens is 2. The van der Waals surface area contributed by atoms with E-state index >= 15 is 0 Å². The van der Waals surface area contributed by atoms with Gasteiger partial charge in [0.1, 0.15) is 0 Å². The molecule has 1 aromatic heterocycles. The van der Waals surface area contributed by atoms with Crippen LogP contribution in [0, 0.1) is 0 Å². The van der Waals surface area contributed by atoms with Crippen LogP contribution >= 0.6 is 31.9 Å². The van der Waals surface area contributed by atoms with Crippen LogP contribution in [0.4, 0.5) is 0 Å². The van der Waals surface area contributed by atoms with Crippen molar-refractivity contribution < 1.29 is 0 Å². The van der Waals surface area contributed by atoms with Crippen LogP contribution in [0.1, 0.15) is 17.3 Å². The molecule has 0 amide bonds. The fourth-order valence-corrected chi connectivity index (χ4v) is 3.09. The van der Waals surface area contributed by atoms with Crippen LogP contribution in [0.3, 0.4) is 0 Å². The van der Waals surface area contributed by atoms with E-state index < -0.39 is 0 Å². The van der Waals surface area contributed by atoms with Gasteiger partial charge in [0.25, 0.3) is 0 Å². The van der Waals surface area contributed by atoms with E-state index in [-0.39, 0.29) is 6.04 Å². The maximum absolute atomic E-state index is 5.64. The molecule has 17 heavy (non-hydrogen) atoms. The summed E-state index contributed by atoms with van der Waals surface area (Å²) in [7, 11) is 1.90. The van der Waals surface area contributed by atoms with Crippen molar-refractivity contribution in [1.29, 1.82) is 0 Å². The summed E-state index contributed by atoms with van der Waals surface area (Å²) < 4.78 is 3.81. The van der Waals surface area contributed by atoms with Gasteiger partial charge >= 0.3 is 0 Å². The zero-order chi connectivity index (χ0) is 12.4. The average molecular weight is 360 g/mol. The van der Waals surface area contributed by atoms with Gasteiger partial charge in [0.15, 0.2) is 0 Å². The summed E-state index contributed by atoms with van der Waals surface area (Å²) >= 11 is 6.94. The number of hydrogen-bond acceptors (Lipinski definition) is 3. The first-order valence-corrected chi connectivity index (χ1v) is 6.60. The predicted octanol–water partition coefficient (Wildman–Crippen LogP) is 2.50. The highest BCUT2D eigenvalue weighted by atomic mass is 79.9. The highest BCUT2D eigenvalue weighted by Crippen LogP contribution is 2.27. The summed E-state index contributed by atoms with van der Waals surface area (Å²) in [5, 5.41) is 4.15. The first-order valence-electron chi connectivity index (χ1n) is 5.02. The molecule has 0 spiro atoms. The second-order valence-corrected chi connectivity index (χ2v) is 5.51.